The minimum absolute atomic E-state index is 0.134. The number of carbonyl (C=O) groups is 1. The van der Waals surface area contributed by atoms with Crippen molar-refractivity contribution < 1.29 is 28.5 Å². The zero-order valence-electron chi connectivity index (χ0n) is 19.9. The second kappa shape index (κ2) is 12.0. The molecule has 0 unspecified atom stereocenters. The Balaban J connectivity index is 1.52. The molecule has 33 heavy (non-hydrogen) atoms. The Bertz CT molecular complexity index is 929. The SMILES string of the molecule is CCOc1ccc(OCCCC(=O)N2CC=C(c3c(OC)cc(OC)cc3OC)CC2)cc1. The number of nitrogens with zero attached hydrogens (tertiary/aromatic N) is 1. The van der Waals surface area contributed by atoms with Crippen molar-refractivity contribution in [3.63, 3.8) is 0 Å². The molecular weight excluding hydrogens is 422 g/mol. The molecule has 1 amide bonds. The predicted octanol–water partition coefficient (Wildman–Crippen LogP) is 4.59. The fourth-order valence-corrected chi connectivity index (χ4v) is 3.82. The molecule has 0 saturated heterocycles. The van der Waals surface area contributed by atoms with E-state index in [1.54, 1.807) is 21.3 Å². The van der Waals surface area contributed by atoms with Crippen LogP contribution in [0.1, 0.15) is 31.7 Å². The molecule has 0 atom stereocenters. The molecule has 7 heteroatoms. The van der Waals surface area contributed by atoms with Crippen molar-refractivity contribution in [3.8, 4) is 28.7 Å². The molecule has 0 aromatic heterocycles. The van der Waals surface area contributed by atoms with E-state index in [1.807, 2.05) is 48.2 Å². The van der Waals surface area contributed by atoms with Gasteiger partial charge in [-0.25, -0.2) is 0 Å². The number of carbonyl (C=O) groups excluding carboxylic acids is 1. The lowest BCUT2D eigenvalue weighted by molar-refractivity contribution is -0.131. The van der Waals surface area contributed by atoms with Gasteiger partial charge in [0.1, 0.15) is 28.7 Å². The summed E-state index contributed by atoms with van der Waals surface area (Å²) in [5, 5.41) is 0. The van der Waals surface area contributed by atoms with Gasteiger partial charge in [0, 0.05) is 31.6 Å². The Morgan fingerprint density at radius 1 is 0.909 bits per heavy atom. The largest absolute Gasteiger partial charge is 0.496 e. The molecule has 0 saturated carbocycles. The van der Waals surface area contributed by atoms with Gasteiger partial charge in [0.15, 0.2) is 0 Å². The Kier molecular flexibility index (Phi) is 8.87. The van der Waals surface area contributed by atoms with E-state index in [0.29, 0.717) is 56.4 Å². The number of benzene rings is 2. The highest BCUT2D eigenvalue weighted by molar-refractivity contribution is 5.81. The van der Waals surface area contributed by atoms with Gasteiger partial charge < -0.3 is 28.6 Å². The van der Waals surface area contributed by atoms with Gasteiger partial charge in [-0.05, 0) is 49.6 Å². The summed E-state index contributed by atoms with van der Waals surface area (Å²) in [5.74, 6) is 3.80. The lowest BCUT2D eigenvalue weighted by Crippen LogP contribution is -2.34. The van der Waals surface area contributed by atoms with Crippen LogP contribution in [0, 0.1) is 0 Å². The number of hydrogen-bond donors (Lipinski definition) is 0. The number of methoxy groups -OCH3 is 3. The summed E-state index contributed by atoms with van der Waals surface area (Å²) < 4.78 is 27.7. The third kappa shape index (κ3) is 6.34. The van der Waals surface area contributed by atoms with E-state index in [2.05, 4.69) is 6.08 Å². The van der Waals surface area contributed by atoms with Gasteiger partial charge >= 0.3 is 0 Å². The Morgan fingerprint density at radius 2 is 1.55 bits per heavy atom. The van der Waals surface area contributed by atoms with Crippen molar-refractivity contribution >= 4 is 11.5 Å². The quantitative estimate of drug-likeness (QED) is 0.462. The highest BCUT2D eigenvalue weighted by atomic mass is 16.5. The molecule has 0 radical (unpaired) electrons. The van der Waals surface area contributed by atoms with Gasteiger partial charge in [-0.3, -0.25) is 4.79 Å². The summed E-state index contributed by atoms with van der Waals surface area (Å²) in [6.45, 7) is 4.30. The lowest BCUT2D eigenvalue weighted by Gasteiger charge is -2.28. The maximum atomic E-state index is 12.7. The average Bonchev–Trinajstić information content (AvgIpc) is 2.86. The third-order valence-electron chi connectivity index (χ3n) is 5.54. The normalized spacial score (nSPS) is 13.2. The van der Waals surface area contributed by atoms with Gasteiger partial charge in [0.05, 0.1) is 40.1 Å². The molecule has 0 fully saturated rings. The molecule has 178 valence electrons. The summed E-state index contributed by atoms with van der Waals surface area (Å²) in [4.78, 5) is 14.5. The Hall–Kier alpha value is -3.35. The highest BCUT2D eigenvalue weighted by Crippen LogP contribution is 2.40. The molecule has 1 aliphatic heterocycles. The van der Waals surface area contributed by atoms with Crippen molar-refractivity contribution in [2.75, 3.05) is 47.6 Å². The van der Waals surface area contributed by atoms with Gasteiger partial charge in [-0.15, -0.1) is 0 Å². The molecule has 7 nitrogen and oxygen atoms in total. The van der Waals surface area contributed by atoms with Crippen LogP contribution in [0.4, 0.5) is 0 Å². The highest BCUT2D eigenvalue weighted by Gasteiger charge is 2.22. The smallest absolute Gasteiger partial charge is 0.222 e. The molecule has 2 aromatic rings. The van der Waals surface area contributed by atoms with Crippen LogP contribution < -0.4 is 23.7 Å². The molecule has 1 heterocycles. The molecule has 0 aliphatic carbocycles. The van der Waals surface area contributed by atoms with E-state index in [9.17, 15) is 4.79 Å². The van der Waals surface area contributed by atoms with Crippen LogP contribution in [0.5, 0.6) is 28.7 Å². The first kappa shape index (κ1) is 24.3. The fraction of sp³-hybridized carbons (Fsp3) is 0.423. The summed E-state index contributed by atoms with van der Waals surface area (Å²) in [6, 6.07) is 11.2. The average molecular weight is 456 g/mol. The fourth-order valence-electron chi connectivity index (χ4n) is 3.82. The minimum Gasteiger partial charge on any atom is -0.496 e. The van der Waals surface area contributed by atoms with Crippen LogP contribution in [-0.4, -0.2) is 58.4 Å². The van der Waals surface area contributed by atoms with Crippen molar-refractivity contribution in [1.82, 2.24) is 4.90 Å². The molecule has 0 N–H and O–H groups in total. The molecule has 1 aliphatic rings. The maximum Gasteiger partial charge on any atom is 0.222 e. The standard InChI is InChI=1S/C26H33NO6/c1-5-32-20-8-10-21(11-9-20)33-16-6-7-25(28)27-14-12-19(13-15-27)26-23(30-3)17-22(29-2)18-24(26)31-4/h8-12,17-18H,5-7,13-16H2,1-4H3. The van der Waals surface area contributed by atoms with Crippen molar-refractivity contribution in [3.05, 3.63) is 48.0 Å². The van der Waals surface area contributed by atoms with Gasteiger partial charge in [0.2, 0.25) is 5.91 Å². The first-order chi connectivity index (χ1) is 16.1. The van der Waals surface area contributed by atoms with Crippen molar-refractivity contribution in [2.24, 2.45) is 0 Å². The van der Waals surface area contributed by atoms with Gasteiger partial charge in [-0.1, -0.05) is 6.08 Å². The molecule has 3 rings (SSSR count). The van der Waals surface area contributed by atoms with Crippen molar-refractivity contribution in [1.29, 1.82) is 0 Å². The maximum absolute atomic E-state index is 12.7. The minimum atomic E-state index is 0.134. The second-order valence-corrected chi connectivity index (χ2v) is 7.58. The van der Waals surface area contributed by atoms with Gasteiger partial charge in [0.25, 0.3) is 0 Å². The molecular formula is C26H33NO6. The van der Waals surface area contributed by atoms with E-state index in [4.69, 9.17) is 23.7 Å². The Morgan fingerprint density at radius 3 is 2.06 bits per heavy atom. The molecule has 2 aromatic carbocycles. The lowest BCUT2D eigenvalue weighted by atomic mass is 9.97. The summed E-state index contributed by atoms with van der Waals surface area (Å²) in [6.07, 6.45) is 3.92. The first-order valence-corrected chi connectivity index (χ1v) is 11.2. The number of ether oxygens (including phenoxy) is 5. The van der Waals surface area contributed by atoms with Crippen LogP contribution in [0.15, 0.2) is 42.5 Å². The zero-order chi connectivity index (χ0) is 23.6. The second-order valence-electron chi connectivity index (χ2n) is 7.58. The Labute approximate surface area is 195 Å². The number of rotatable bonds is 11. The van der Waals surface area contributed by atoms with Crippen LogP contribution in [0.2, 0.25) is 0 Å². The van der Waals surface area contributed by atoms with E-state index in [-0.39, 0.29) is 5.91 Å². The number of amides is 1. The zero-order valence-corrected chi connectivity index (χ0v) is 19.9. The molecule has 0 spiro atoms. The van der Waals surface area contributed by atoms with E-state index in [0.717, 1.165) is 29.1 Å². The summed E-state index contributed by atoms with van der Waals surface area (Å²) in [5.41, 5.74) is 2.02. The first-order valence-electron chi connectivity index (χ1n) is 11.2. The van der Waals surface area contributed by atoms with E-state index in [1.165, 1.54) is 0 Å². The van der Waals surface area contributed by atoms with Crippen LogP contribution in [0.25, 0.3) is 5.57 Å². The summed E-state index contributed by atoms with van der Waals surface area (Å²) >= 11 is 0. The monoisotopic (exact) mass is 455 g/mol. The van der Waals surface area contributed by atoms with Crippen molar-refractivity contribution in [2.45, 2.75) is 26.2 Å². The van der Waals surface area contributed by atoms with Crippen LogP contribution in [-0.2, 0) is 4.79 Å². The topological polar surface area (TPSA) is 66.5 Å². The van der Waals surface area contributed by atoms with Crippen LogP contribution in [0.3, 0.4) is 0 Å². The predicted molar refractivity (Wildman–Crippen MR) is 128 cm³/mol. The summed E-state index contributed by atoms with van der Waals surface area (Å²) in [7, 11) is 4.87. The molecule has 0 bridgehead atoms. The van der Waals surface area contributed by atoms with Gasteiger partial charge in [-0.2, -0.15) is 0 Å². The third-order valence-corrected chi connectivity index (χ3v) is 5.54. The van der Waals surface area contributed by atoms with Crippen LogP contribution >= 0.6 is 0 Å². The van der Waals surface area contributed by atoms with E-state index >= 15 is 0 Å². The van der Waals surface area contributed by atoms with E-state index < -0.39 is 0 Å². The number of hydrogen-bond acceptors (Lipinski definition) is 6.